The minimum Gasteiger partial charge on any atom is -0.325 e. The maximum absolute atomic E-state index is 4.69. The van der Waals surface area contributed by atoms with Crippen LogP contribution in [0.4, 0.5) is 11.6 Å². The Kier molecular flexibility index (Phi) is 7.58. The van der Waals surface area contributed by atoms with E-state index in [0.717, 1.165) is 35.9 Å². The number of nitrogens with zero attached hydrogens (tertiary/aromatic N) is 2. The van der Waals surface area contributed by atoms with E-state index in [1.54, 1.807) is 0 Å². The molecular weight excluding hydrogens is 282 g/mol. The summed E-state index contributed by atoms with van der Waals surface area (Å²) in [5.74, 6) is 1.77. The van der Waals surface area contributed by atoms with Crippen molar-refractivity contribution in [3.63, 3.8) is 0 Å². The second-order valence-corrected chi connectivity index (χ2v) is 6.07. The summed E-state index contributed by atoms with van der Waals surface area (Å²) in [5, 5.41) is 3.34. The fraction of sp³-hybridized carbons (Fsp3) is 0.500. The number of unbranched alkanes of at least 4 members (excludes halogenated alkanes) is 4. The average molecular weight is 311 g/mol. The largest absolute Gasteiger partial charge is 0.325 e. The molecule has 2 aromatic rings. The van der Waals surface area contributed by atoms with Gasteiger partial charge in [-0.05, 0) is 49.9 Å². The SMILES string of the molecule is CCCCCc1cccc(Nc2cccc(CCCCC)n2)n1. The van der Waals surface area contributed by atoms with Crippen molar-refractivity contribution < 1.29 is 0 Å². The van der Waals surface area contributed by atoms with Gasteiger partial charge in [0, 0.05) is 11.4 Å². The van der Waals surface area contributed by atoms with Crippen LogP contribution in [-0.4, -0.2) is 9.97 Å². The standard InChI is InChI=1S/C20H29N3/c1-3-5-7-11-17-13-9-15-19(21-17)23-20-16-10-14-18(22-20)12-8-6-4-2/h9-10,13-16H,3-8,11-12H2,1-2H3,(H,21,22,23). The fourth-order valence-corrected chi connectivity index (χ4v) is 2.62. The van der Waals surface area contributed by atoms with Gasteiger partial charge in [0.15, 0.2) is 0 Å². The van der Waals surface area contributed by atoms with E-state index in [2.05, 4.69) is 43.4 Å². The van der Waals surface area contributed by atoms with Crippen LogP contribution < -0.4 is 5.32 Å². The average Bonchev–Trinajstić information content (AvgIpc) is 2.56. The van der Waals surface area contributed by atoms with Gasteiger partial charge in [0.05, 0.1) is 0 Å². The number of pyridine rings is 2. The van der Waals surface area contributed by atoms with Crippen LogP contribution in [0.2, 0.25) is 0 Å². The van der Waals surface area contributed by atoms with Crippen molar-refractivity contribution in [2.24, 2.45) is 0 Å². The predicted octanol–water partition coefficient (Wildman–Crippen LogP) is 5.69. The lowest BCUT2D eigenvalue weighted by Gasteiger charge is -2.08. The number of anilines is 2. The molecule has 0 aliphatic carbocycles. The smallest absolute Gasteiger partial charge is 0.131 e. The Bertz CT molecular complexity index is 529. The zero-order chi connectivity index (χ0) is 16.3. The van der Waals surface area contributed by atoms with Gasteiger partial charge in [-0.3, -0.25) is 0 Å². The lowest BCUT2D eigenvalue weighted by molar-refractivity contribution is 0.707. The van der Waals surface area contributed by atoms with Crippen molar-refractivity contribution in [1.29, 1.82) is 0 Å². The van der Waals surface area contributed by atoms with Crippen LogP contribution in [0.5, 0.6) is 0 Å². The van der Waals surface area contributed by atoms with E-state index < -0.39 is 0 Å². The summed E-state index contributed by atoms with van der Waals surface area (Å²) in [7, 11) is 0. The molecule has 23 heavy (non-hydrogen) atoms. The molecular formula is C20H29N3. The van der Waals surface area contributed by atoms with E-state index in [4.69, 9.17) is 9.97 Å². The highest BCUT2D eigenvalue weighted by Gasteiger charge is 2.02. The predicted molar refractivity (Wildman–Crippen MR) is 98.2 cm³/mol. The third-order valence-electron chi connectivity index (χ3n) is 3.94. The molecule has 3 heteroatoms. The molecule has 0 aromatic carbocycles. The molecule has 2 rings (SSSR count). The summed E-state index contributed by atoms with van der Waals surface area (Å²) in [5.41, 5.74) is 2.31. The first-order chi connectivity index (χ1) is 11.3. The van der Waals surface area contributed by atoms with Gasteiger partial charge in [-0.15, -0.1) is 0 Å². The topological polar surface area (TPSA) is 37.8 Å². The van der Waals surface area contributed by atoms with Gasteiger partial charge in [0.1, 0.15) is 11.6 Å². The highest BCUT2D eigenvalue weighted by Crippen LogP contribution is 2.15. The Morgan fingerprint density at radius 2 is 1.17 bits per heavy atom. The minimum absolute atomic E-state index is 0.886. The zero-order valence-electron chi connectivity index (χ0n) is 14.5. The van der Waals surface area contributed by atoms with Gasteiger partial charge >= 0.3 is 0 Å². The van der Waals surface area contributed by atoms with Crippen LogP contribution in [-0.2, 0) is 12.8 Å². The van der Waals surface area contributed by atoms with Crippen LogP contribution in [0.1, 0.15) is 63.8 Å². The summed E-state index contributed by atoms with van der Waals surface area (Å²) in [6.45, 7) is 4.45. The van der Waals surface area contributed by atoms with E-state index in [-0.39, 0.29) is 0 Å². The first-order valence-corrected chi connectivity index (χ1v) is 9.00. The van der Waals surface area contributed by atoms with Crippen molar-refractivity contribution in [3.05, 3.63) is 47.8 Å². The Morgan fingerprint density at radius 1 is 0.696 bits per heavy atom. The quantitative estimate of drug-likeness (QED) is 0.573. The number of rotatable bonds is 10. The van der Waals surface area contributed by atoms with Crippen molar-refractivity contribution >= 4 is 11.6 Å². The molecule has 124 valence electrons. The third-order valence-corrected chi connectivity index (χ3v) is 3.94. The zero-order valence-corrected chi connectivity index (χ0v) is 14.5. The molecule has 2 aromatic heterocycles. The molecule has 0 saturated heterocycles. The molecule has 0 radical (unpaired) electrons. The lowest BCUT2D eigenvalue weighted by atomic mass is 10.1. The third kappa shape index (κ3) is 6.39. The molecule has 3 nitrogen and oxygen atoms in total. The Hall–Kier alpha value is -1.90. The summed E-state index contributed by atoms with van der Waals surface area (Å²) >= 11 is 0. The summed E-state index contributed by atoms with van der Waals surface area (Å²) < 4.78 is 0. The number of aromatic nitrogens is 2. The molecule has 0 unspecified atom stereocenters. The van der Waals surface area contributed by atoms with Crippen LogP contribution >= 0.6 is 0 Å². The molecule has 0 fully saturated rings. The Labute approximate surface area is 140 Å². The molecule has 0 aliphatic heterocycles. The first kappa shape index (κ1) is 17.5. The minimum atomic E-state index is 0.886. The van der Waals surface area contributed by atoms with Gasteiger partial charge in [-0.2, -0.15) is 0 Å². The molecule has 0 bridgehead atoms. The van der Waals surface area contributed by atoms with E-state index >= 15 is 0 Å². The molecule has 0 amide bonds. The maximum atomic E-state index is 4.69. The summed E-state index contributed by atoms with van der Waals surface area (Å²) in [6.07, 6.45) is 9.53. The van der Waals surface area contributed by atoms with Crippen molar-refractivity contribution in [3.8, 4) is 0 Å². The van der Waals surface area contributed by atoms with Crippen LogP contribution in [0.25, 0.3) is 0 Å². The van der Waals surface area contributed by atoms with Gasteiger partial charge in [-0.25, -0.2) is 9.97 Å². The molecule has 0 atom stereocenters. The Balaban J connectivity index is 1.95. The molecule has 1 N–H and O–H groups in total. The number of aryl methyl sites for hydroxylation is 2. The normalized spacial score (nSPS) is 10.7. The highest BCUT2D eigenvalue weighted by molar-refractivity contribution is 5.51. The molecule has 0 aliphatic rings. The first-order valence-electron chi connectivity index (χ1n) is 9.00. The summed E-state index contributed by atoms with van der Waals surface area (Å²) in [4.78, 5) is 9.39. The van der Waals surface area contributed by atoms with Crippen molar-refractivity contribution in [2.45, 2.75) is 65.2 Å². The van der Waals surface area contributed by atoms with Gasteiger partial charge < -0.3 is 5.32 Å². The van der Waals surface area contributed by atoms with Gasteiger partial charge in [0.2, 0.25) is 0 Å². The molecule has 0 spiro atoms. The van der Waals surface area contributed by atoms with Crippen LogP contribution in [0.3, 0.4) is 0 Å². The molecule has 2 heterocycles. The fourth-order valence-electron chi connectivity index (χ4n) is 2.62. The lowest BCUT2D eigenvalue weighted by Crippen LogP contribution is -2.00. The van der Waals surface area contributed by atoms with E-state index in [9.17, 15) is 0 Å². The van der Waals surface area contributed by atoms with Crippen LogP contribution in [0, 0.1) is 0 Å². The highest BCUT2D eigenvalue weighted by atomic mass is 15.1. The number of nitrogens with one attached hydrogen (secondary N) is 1. The van der Waals surface area contributed by atoms with E-state index in [1.165, 1.54) is 38.5 Å². The van der Waals surface area contributed by atoms with Crippen molar-refractivity contribution in [1.82, 2.24) is 9.97 Å². The van der Waals surface area contributed by atoms with Crippen molar-refractivity contribution in [2.75, 3.05) is 5.32 Å². The Morgan fingerprint density at radius 3 is 1.61 bits per heavy atom. The van der Waals surface area contributed by atoms with E-state index in [1.807, 2.05) is 12.1 Å². The van der Waals surface area contributed by atoms with E-state index in [0.29, 0.717) is 0 Å². The summed E-state index contributed by atoms with van der Waals surface area (Å²) in [6, 6.07) is 12.4. The number of hydrogen-bond acceptors (Lipinski definition) is 3. The van der Waals surface area contributed by atoms with Gasteiger partial charge in [-0.1, -0.05) is 51.7 Å². The second kappa shape index (κ2) is 9.98. The molecule has 0 saturated carbocycles. The number of hydrogen-bond donors (Lipinski definition) is 1. The van der Waals surface area contributed by atoms with Crippen LogP contribution in [0.15, 0.2) is 36.4 Å². The van der Waals surface area contributed by atoms with Gasteiger partial charge in [0.25, 0.3) is 0 Å². The maximum Gasteiger partial charge on any atom is 0.131 e. The second-order valence-electron chi connectivity index (χ2n) is 6.07. The monoisotopic (exact) mass is 311 g/mol.